The Morgan fingerprint density at radius 2 is 2.44 bits per heavy atom. The molecule has 0 saturated heterocycles. The van der Waals surface area contributed by atoms with Crippen LogP contribution < -0.4 is 5.32 Å². The zero-order valence-corrected chi connectivity index (χ0v) is 6.22. The fourth-order valence-corrected chi connectivity index (χ4v) is 1.34. The van der Waals surface area contributed by atoms with Crippen LogP contribution in [-0.4, -0.2) is 12.6 Å². The Bertz CT molecular complexity index is 107. The van der Waals surface area contributed by atoms with E-state index in [2.05, 4.69) is 31.3 Å². The third-order valence-electron chi connectivity index (χ3n) is 2.01. The average Bonchev–Trinajstić information content (AvgIpc) is 1.89. The van der Waals surface area contributed by atoms with Crippen LogP contribution in [0.3, 0.4) is 0 Å². The molecule has 52 valence electrons. The van der Waals surface area contributed by atoms with Gasteiger partial charge in [-0.1, -0.05) is 26.0 Å². The molecule has 0 fully saturated rings. The summed E-state index contributed by atoms with van der Waals surface area (Å²) in [5.41, 5.74) is 0. The van der Waals surface area contributed by atoms with Crippen molar-refractivity contribution in [1.82, 2.24) is 5.32 Å². The summed E-state index contributed by atoms with van der Waals surface area (Å²) in [4.78, 5) is 0. The van der Waals surface area contributed by atoms with Crippen molar-refractivity contribution in [1.29, 1.82) is 0 Å². The van der Waals surface area contributed by atoms with Crippen molar-refractivity contribution < 1.29 is 0 Å². The lowest BCUT2D eigenvalue weighted by Gasteiger charge is -2.24. The van der Waals surface area contributed by atoms with Crippen LogP contribution in [0.4, 0.5) is 0 Å². The second-order valence-electron chi connectivity index (χ2n) is 2.71. The SMILES string of the molecule is CCC1NCC=CC1C. The highest BCUT2D eigenvalue weighted by atomic mass is 14.9. The molecule has 1 aliphatic rings. The third kappa shape index (κ3) is 1.55. The molecular formula is C8H15N. The van der Waals surface area contributed by atoms with Gasteiger partial charge in [0, 0.05) is 12.6 Å². The largest absolute Gasteiger partial charge is 0.310 e. The minimum absolute atomic E-state index is 0.718. The molecule has 1 N–H and O–H groups in total. The van der Waals surface area contributed by atoms with Crippen molar-refractivity contribution >= 4 is 0 Å². The lowest BCUT2D eigenvalue weighted by Crippen LogP contribution is -2.36. The molecule has 0 aromatic carbocycles. The molecule has 1 heteroatoms. The van der Waals surface area contributed by atoms with Gasteiger partial charge in [0.1, 0.15) is 0 Å². The summed E-state index contributed by atoms with van der Waals surface area (Å²) in [6.45, 7) is 5.55. The van der Waals surface area contributed by atoms with Crippen LogP contribution in [0.2, 0.25) is 0 Å². The first-order chi connectivity index (χ1) is 4.34. The summed E-state index contributed by atoms with van der Waals surface area (Å²) >= 11 is 0. The van der Waals surface area contributed by atoms with Gasteiger partial charge in [0.2, 0.25) is 0 Å². The minimum atomic E-state index is 0.718. The molecule has 0 saturated carbocycles. The minimum Gasteiger partial charge on any atom is -0.310 e. The summed E-state index contributed by atoms with van der Waals surface area (Å²) < 4.78 is 0. The van der Waals surface area contributed by atoms with E-state index in [1.54, 1.807) is 0 Å². The van der Waals surface area contributed by atoms with Crippen molar-refractivity contribution in [2.75, 3.05) is 6.54 Å². The van der Waals surface area contributed by atoms with E-state index < -0.39 is 0 Å². The molecule has 0 aromatic rings. The molecule has 0 aromatic heterocycles. The van der Waals surface area contributed by atoms with Crippen molar-refractivity contribution in [3.8, 4) is 0 Å². The van der Waals surface area contributed by atoms with E-state index in [0.29, 0.717) is 0 Å². The number of nitrogens with one attached hydrogen (secondary N) is 1. The standard InChI is InChI=1S/C8H15N/c1-3-8-7(2)5-4-6-9-8/h4-5,7-9H,3,6H2,1-2H3. The molecule has 1 rings (SSSR count). The fourth-order valence-electron chi connectivity index (χ4n) is 1.34. The van der Waals surface area contributed by atoms with Crippen LogP contribution in [0.15, 0.2) is 12.2 Å². The van der Waals surface area contributed by atoms with Gasteiger partial charge in [-0.15, -0.1) is 0 Å². The Morgan fingerprint density at radius 1 is 1.67 bits per heavy atom. The first-order valence-corrected chi connectivity index (χ1v) is 3.74. The smallest absolute Gasteiger partial charge is 0.0137 e. The normalized spacial score (nSPS) is 34.9. The topological polar surface area (TPSA) is 12.0 Å². The first kappa shape index (κ1) is 6.81. The molecular weight excluding hydrogens is 110 g/mol. The van der Waals surface area contributed by atoms with Crippen LogP contribution in [-0.2, 0) is 0 Å². The van der Waals surface area contributed by atoms with E-state index in [0.717, 1.165) is 18.5 Å². The van der Waals surface area contributed by atoms with Crippen LogP contribution >= 0.6 is 0 Å². The Morgan fingerprint density at radius 3 is 2.89 bits per heavy atom. The van der Waals surface area contributed by atoms with E-state index in [1.807, 2.05) is 0 Å². The van der Waals surface area contributed by atoms with Crippen molar-refractivity contribution in [3.05, 3.63) is 12.2 Å². The van der Waals surface area contributed by atoms with Crippen LogP contribution in [0.1, 0.15) is 20.3 Å². The molecule has 2 unspecified atom stereocenters. The van der Waals surface area contributed by atoms with E-state index in [4.69, 9.17) is 0 Å². The highest BCUT2D eigenvalue weighted by molar-refractivity contribution is 4.98. The fraction of sp³-hybridized carbons (Fsp3) is 0.750. The van der Waals surface area contributed by atoms with E-state index >= 15 is 0 Å². The van der Waals surface area contributed by atoms with Gasteiger partial charge in [-0.3, -0.25) is 0 Å². The molecule has 0 bridgehead atoms. The predicted molar refractivity (Wildman–Crippen MR) is 40.4 cm³/mol. The highest BCUT2D eigenvalue weighted by Gasteiger charge is 2.13. The van der Waals surface area contributed by atoms with Gasteiger partial charge >= 0.3 is 0 Å². The molecule has 2 atom stereocenters. The second-order valence-corrected chi connectivity index (χ2v) is 2.71. The zero-order chi connectivity index (χ0) is 6.69. The van der Waals surface area contributed by atoms with Crippen molar-refractivity contribution in [3.63, 3.8) is 0 Å². The summed E-state index contributed by atoms with van der Waals surface area (Å²) in [7, 11) is 0. The maximum absolute atomic E-state index is 3.43. The molecule has 1 heterocycles. The third-order valence-corrected chi connectivity index (χ3v) is 2.01. The van der Waals surface area contributed by atoms with Gasteiger partial charge in [-0.05, 0) is 12.3 Å². The molecule has 1 nitrogen and oxygen atoms in total. The quantitative estimate of drug-likeness (QED) is 0.524. The van der Waals surface area contributed by atoms with Crippen LogP contribution in [0.5, 0.6) is 0 Å². The van der Waals surface area contributed by atoms with Crippen molar-refractivity contribution in [2.24, 2.45) is 5.92 Å². The van der Waals surface area contributed by atoms with Gasteiger partial charge in [-0.2, -0.15) is 0 Å². The highest BCUT2D eigenvalue weighted by Crippen LogP contribution is 2.10. The van der Waals surface area contributed by atoms with Gasteiger partial charge in [0.05, 0.1) is 0 Å². The Kier molecular flexibility index (Phi) is 2.29. The van der Waals surface area contributed by atoms with Crippen LogP contribution in [0, 0.1) is 5.92 Å². The summed E-state index contributed by atoms with van der Waals surface area (Å²) in [6, 6.07) is 0.718. The Labute approximate surface area is 57.1 Å². The van der Waals surface area contributed by atoms with E-state index in [1.165, 1.54) is 6.42 Å². The molecule has 0 aliphatic carbocycles. The summed E-state index contributed by atoms with van der Waals surface area (Å²) in [5.74, 6) is 0.726. The van der Waals surface area contributed by atoms with Crippen LogP contribution in [0.25, 0.3) is 0 Å². The Hall–Kier alpha value is -0.300. The van der Waals surface area contributed by atoms with Crippen molar-refractivity contribution in [2.45, 2.75) is 26.3 Å². The van der Waals surface area contributed by atoms with Gasteiger partial charge < -0.3 is 5.32 Å². The zero-order valence-electron chi connectivity index (χ0n) is 6.22. The number of hydrogen-bond acceptors (Lipinski definition) is 1. The van der Waals surface area contributed by atoms with E-state index in [9.17, 15) is 0 Å². The maximum atomic E-state index is 3.43. The van der Waals surface area contributed by atoms with Gasteiger partial charge in [-0.25, -0.2) is 0 Å². The first-order valence-electron chi connectivity index (χ1n) is 3.74. The number of rotatable bonds is 1. The molecule has 9 heavy (non-hydrogen) atoms. The van der Waals surface area contributed by atoms with Gasteiger partial charge in [0.15, 0.2) is 0 Å². The summed E-state index contributed by atoms with van der Waals surface area (Å²) in [6.07, 6.45) is 5.74. The summed E-state index contributed by atoms with van der Waals surface area (Å²) in [5, 5.41) is 3.43. The van der Waals surface area contributed by atoms with E-state index in [-0.39, 0.29) is 0 Å². The molecule has 0 spiro atoms. The number of hydrogen-bond donors (Lipinski definition) is 1. The Balaban J connectivity index is 2.44. The predicted octanol–water partition coefficient (Wildman–Crippen LogP) is 1.56. The monoisotopic (exact) mass is 125 g/mol. The van der Waals surface area contributed by atoms with Gasteiger partial charge in [0.25, 0.3) is 0 Å². The second kappa shape index (κ2) is 3.02. The lowest BCUT2D eigenvalue weighted by atomic mass is 9.97. The molecule has 0 amide bonds. The average molecular weight is 125 g/mol. The molecule has 0 radical (unpaired) electrons. The lowest BCUT2D eigenvalue weighted by molar-refractivity contribution is 0.419. The maximum Gasteiger partial charge on any atom is 0.0137 e. The molecule has 1 aliphatic heterocycles.